The second-order valence-electron chi connectivity index (χ2n) is 7.96. The average Bonchev–Trinajstić information content (AvgIpc) is 3.25. The Bertz CT molecular complexity index is 632. The summed E-state index contributed by atoms with van der Waals surface area (Å²) in [7, 11) is 0. The predicted octanol–water partition coefficient (Wildman–Crippen LogP) is 2.98. The second-order valence-corrected chi connectivity index (χ2v) is 7.96. The van der Waals surface area contributed by atoms with Gasteiger partial charge in [-0.15, -0.1) is 24.0 Å². The van der Waals surface area contributed by atoms with Crippen LogP contribution >= 0.6 is 24.0 Å². The summed E-state index contributed by atoms with van der Waals surface area (Å²) in [5.74, 6) is 2.59. The molecule has 0 spiro atoms. The summed E-state index contributed by atoms with van der Waals surface area (Å²) in [6.45, 7) is 11.2. The van der Waals surface area contributed by atoms with Crippen LogP contribution in [-0.4, -0.2) is 69.6 Å². The minimum atomic E-state index is 0. The highest BCUT2D eigenvalue weighted by Crippen LogP contribution is 2.18. The largest absolute Gasteiger partial charge is 0.381 e. The van der Waals surface area contributed by atoms with Gasteiger partial charge in [-0.3, -0.25) is 4.99 Å². The molecule has 0 amide bonds. The molecule has 2 fully saturated rings. The van der Waals surface area contributed by atoms with Crippen LogP contribution in [0.25, 0.3) is 0 Å². The van der Waals surface area contributed by atoms with Crippen LogP contribution < -0.4 is 15.5 Å². The van der Waals surface area contributed by atoms with Gasteiger partial charge in [-0.2, -0.15) is 0 Å². The summed E-state index contributed by atoms with van der Waals surface area (Å²) in [6.07, 6.45) is 4.26. The van der Waals surface area contributed by atoms with Crippen molar-refractivity contribution >= 4 is 35.8 Å². The van der Waals surface area contributed by atoms with Crippen LogP contribution in [0, 0.1) is 12.8 Å². The fraction of sp³-hybridized carbons (Fsp3) is 0.727. The molecule has 2 aliphatic heterocycles. The molecule has 3 heterocycles. The van der Waals surface area contributed by atoms with Gasteiger partial charge in [0, 0.05) is 57.0 Å². The highest BCUT2D eigenvalue weighted by Gasteiger charge is 2.21. The smallest absolute Gasteiger partial charge is 0.191 e. The number of guanidine groups is 1. The van der Waals surface area contributed by atoms with Crippen molar-refractivity contribution < 1.29 is 9.47 Å². The number of rotatable bonds is 9. The van der Waals surface area contributed by atoms with Crippen LogP contribution in [0.3, 0.4) is 0 Å². The summed E-state index contributed by atoms with van der Waals surface area (Å²) in [5.41, 5.74) is 1.07. The third kappa shape index (κ3) is 8.55. The van der Waals surface area contributed by atoms with Crippen LogP contribution in [0.2, 0.25) is 0 Å². The number of aromatic nitrogens is 1. The van der Waals surface area contributed by atoms with Crippen molar-refractivity contribution in [1.29, 1.82) is 0 Å². The van der Waals surface area contributed by atoms with Gasteiger partial charge in [-0.1, -0.05) is 6.07 Å². The van der Waals surface area contributed by atoms with Gasteiger partial charge in [0.25, 0.3) is 0 Å². The van der Waals surface area contributed by atoms with Gasteiger partial charge < -0.3 is 25.0 Å². The fourth-order valence-electron chi connectivity index (χ4n) is 3.79. The van der Waals surface area contributed by atoms with E-state index >= 15 is 0 Å². The Morgan fingerprint density at radius 3 is 2.83 bits per heavy atom. The third-order valence-electron chi connectivity index (χ3n) is 5.47. The molecule has 2 saturated heterocycles. The lowest BCUT2D eigenvalue weighted by Gasteiger charge is -2.34. The van der Waals surface area contributed by atoms with Gasteiger partial charge in [0.15, 0.2) is 5.96 Å². The topological polar surface area (TPSA) is 71.0 Å². The normalized spacial score (nSPS) is 20.1. The molecule has 0 aromatic carbocycles. The lowest BCUT2D eigenvalue weighted by Crippen LogP contribution is -2.49. The zero-order valence-corrected chi connectivity index (χ0v) is 20.8. The molecule has 2 aliphatic rings. The Labute approximate surface area is 198 Å². The number of anilines is 1. The van der Waals surface area contributed by atoms with E-state index in [1.807, 2.05) is 13.0 Å². The number of hydrogen-bond donors (Lipinski definition) is 2. The minimum absolute atomic E-state index is 0. The van der Waals surface area contributed by atoms with Gasteiger partial charge in [-0.25, -0.2) is 4.98 Å². The number of nitrogens with zero attached hydrogens (tertiary/aromatic N) is 3. The maximum atomic E-state index is 5.77. The van der Waals surface area contributed by atoms with Gasteiger partial charge >= 0.3 is 0 Å². The lowest BCUT2D eigenvalue weighted by atomic mass is 10.1. The Hall–Kier alpha value is -1.13. The van der Waals surface area contributed by atoms with E-state index in [2.05, 4.69) is 39.6 Å². The molecular weight excluding hydrogens is 493 g/mol. The van der Waals surface area contributed by atoms with Crippen molar-refractivity contribution in [3.8, 4) is 0 Å². The first-order chi connectivity index (χ1) is 14.2. The number of nitrogens with one attached hydrogen (secondary N) is 2. The van der Waals surface area contributed by atoms with Crippen molar-refractivity contribution in [2.45, 2.75) is 45.6 Å². The predicted molar refractivity (Wildman–Crippen MR) is 133 cm³/mol. The van der Waals surface area contributed by atoms with Crippen molar-refractivity contribution in [2.24, 2.45) is 10.9 Å². The standard InChI is InChI=1S/C22H37N5O2.HI/c1-3-23-22(24-11-5-14-28-16-19-10-15-29-17-19)26-20-8-12-27(13-9-20)21-7-4-6-18(2)25-21;/h4,6-7,19-20H,3,5,8-17H2,1-2H3,(H2,23,24,26);1H. The molecule has 0 aliphatic carbocycles. The van der Waals surface area contributed by atoms with E-state index < -0.39 is 0 Å². The molecule has 2 N–H and O–H groups in total. The highest BCUT2D eigenvalue weighted by atomic mass is 127. The maximum absolute atomic E-state index is 5.77. The van der Waals surface area contributed by atoms with E-state index in [0.29, 0.717) is 12.0 Å². The van der Waals surface area contributed by atoms with E-state index in [1.165, 1.54) is 0 Å². The molecule has 8 heteroatoms. The fourth-order valence-corrected chi connectivity index (χ4v) is 3.79. The highest BCUT2D eigenvalue weighted by molar-refractivity contribution is 14.0. The first-order valence-electron chi connectivity index (χ1n) is 11.1. The minimum Gasteiger partial charge on any atom is -0.381 e. The molecule has 3 rings (SSSR count). The number of piperidine rings is 1. The molecule has 1 aromatic rings. The molecule has 1 aromatic heterocycles. The Morgan fingerprint density at radius 2 is 2.13 bits per heavy atom. The summed E-state index contributed by atoms with van der Waals surface area (Å²) in [5, 5.41) is 6.98. The number of hydrogen-bond acceptors (Lipinski definition) is 5. The molecular formula is C22H38IN5O2. The molecule has 7 nitrogen and oxygen atoms in total. The van der Waals surface area contributed by atoms with E-state index in [0.717, 1.165) is 95.8 Å². The molecule has 170 valence electrons. The second kappa shape index (κ2) is 14.0. The van der Waals surface area contributed by atoms with E-state index in [-0.39, 0.29) is 24.0 Å². The average molecular weight is 531 g/mol. The SMILES string of the molecule is CCNC(=NCCCOCC1CCOC1)NC1CCN(c2cccc(C)n2)CC1.I. The Balaban J connectivity index is 0.00000320. The van der Waals surface area contributed by atoms with Gasteiger partial charge in [0.2, 0.25) is 0 Å². The number of halogens is 1. The Kier molecular flexibility index (Phi) is 11.8. The van der Waals surface area contributed by atoms with Gasteiger partial charge in [-0.05, 0) is 51.7 Å². The van der Waals surface area contributed by atoms with Crippen LogP contribution in [0.5, 0.6) is 0 Å². The monoisotopic (exact) mass is 531 g/mol. The van der Waals surface area contributed by atoms with Crippen molar-refractivity contribution in [3.63, 3.8) is 0 Å². The van der Waals surface area contributed by atoms with Crippen molar-refractivity contribution in [2.75, 3.05) is 57.5 Å². The number of aliphatic imine (C=N–C) groups is 1. The quantitative estimate of drug-likeness (QED) is 0.221. The summed E-state index contributed by atoms with van der Waals surface area (Å²) in [6, 6.07) is 6.69. The van der Waals surface area contributed by atoms with Gasteiger partial charge in [0.1, 0.15) is 5.82 Å². The van der Waals surface area contributed by atoms with E-state index in [9.17, 15) is 0 Å². The molecule has 0 bridgehead atoms. The van der Waals surface area contributed by atoms with Crippen molar-refractivity contribution in [1.82, 2.24) is 15.6 Å². The van der Waals surface area contributed by atoms with E-state index in [4.69, 9.17) is 14.5 Å². The number of aryl methyl sites for hydroxylation is 1. The van der Waals surface area contributed by atoms with Crippen molar-refractivity contribution in [3.05, 3.63) is 23.9 Å². The maximum Gasteiger partial charge on any atom is 0.191 e. The van der Waals surface area contributed by atoms with Crippen LogP contribution in [-0.2, 0) is 9.47 Å². The number of ether oxygens (including phenoxy) is 2. The van der Waals surface area contributed by atoms with E-state index in [1.54, 1.807) is 0 Å². The summed E-state index contributed by atoms with van der Waals surface area (Å²) >= 11 is 0. The lowest BCUT2D eigenvalue weighted by molar-refractivity contribution is 0.0893. The van der Waals surface area contributed by atoms with Crippen LogP contribution in [0.15, 0.2) is 23.2 Å². The van der Waals surface area contributed by atoms with Crippen LogP contribution in [0.4, 0.5) is 5.82 Å². The molecule has 1 unspecified atom stereocenters. The zero-order valence-electron chi connectivity index (χ0n) is 18.4. The van der Waals surface area contributed by atoms with Crippen LogP contribution in [0.1, 0.15) is 38.3 Å². The van der Waals surface area contributed by atoms with Gasteiger partial charge in [0.05, 0.1) is 13.2 Å². The first-order valence-corrected chi connectivity index (χ1v) is 11.1. The molecule has 0 radical (unpaired) electrons. The third-order valence-corrected chi connectivity index (χ3v) is 5.47. The summed E-state index contributed by atoms with van der Waals surface area (Å²) in [4.78, 5) is 11.8. The zero-order chi connectivity index (χ0) is 20.3. The summed E-state index contributed by atoms with van der Waals surface area (Å²) < 4.78 is 11.1. The molecule has 1 atom stereocenters. The Morgan fingerprint density at radius 1 is 1.30 bits per heavy atom. The first kappa shape index (κ1) is 25.1. The molecule has 30 heavy (non-hydrogen) atoms. The molecule has 0 saturated carbocycles. The number of pyridine rings is 1.